The summed E-state index contributed by atoms with van der Waals surface area (Å²) in [7, 11) is 1.77. The Labute approximate surface area is 208 Å². The van der Waals surface area contributed by atoms with E-state index in [4.69, 9.17) is 14.2 Å². The highest BCUT2D eigenvalue weighted by Gasteiger charge is 2.09. The summed E-state index contributed by atoms with van der Waals surface area (Å²) in [5.41, 5.74) is 2.37. The molecule has 0 amide bonds. The average Bonchev–Trinajstić information content (AvgIpc) is 2.81. The van der Waals surface area contributed by atoms with E-state index in [0.717, 1.165) is 55.9 Å². The molecule has 0 radical (unpaired) electrons. The van der Waals surface area contributed by atoms with Crippen LogP contribution in [0.2, 0.25) is 0 Å². The Morgan fingerprint density at radius 2 is 1.75 bits per heavy atom. The number of benzene rings is 2. The molecule has 7 nitrogen and oxygen atoms in total. The van der Waals surface area contributed by atoms with Crippen LogP contribution in [0.15, 0.2) is 53.5 Å². The van der Waals surface area contributed by atoms with Gasteiger partial charge in [-0.3, -0.25) is 9.89 Å². The number of aryl methyl sites for hydroxylation is 1. The number of hydrogen-bond donors (Lipinski definition) is 2. The van der Waals surface area contributed by atoms with Gasteiger partial charge in [0.25, 0.3) is 0 Å². The van der Waals surface area contributed by atoms with E-state index in [0.29, 0.717) is 26.3 Å². The average molecular weight is 554 g/mol. The molecule has 0 bridgehead atoms. The van der Waals surface area contributed by atoms with Crippen LogP contribution in [0.3, 0.4) is 0 Å². The maximum Gasteiger partial charge on any atom is 0.191 e. The first-order valence-corrected chi connectivity index (χ1v) is 10.9. The maximum absolute atomic E-state index is 5.94. The zero-order valence-electron chi connectivity index (χ0n) is 19.0. The minimum absolute atomic E-state index is 0. The van der Waals surface area contributed by atoms with Crippen LogP contribution >= 0.6 is 24.0 Å². The van der Waals surface area contributed by atoms with Gasteiger partial charge in [0.15, 0.2) is 5.96 Å². The number of nitrogens with zero attached hydrogens (tertiary/aromatic N) is 2. The first-order valence-electron chi connectivity index (χ1n) is 10.9. The second kappa shape index (κ2) is 14.9. The number of halogens is 1. The Balaban J connectivity index is 0.00000363. The van der Waals surface area contributed by atoms with Crippen molar-refractivity contribution in [2.75, 3.05) is 59.7 Å². The van der Waals surface area contributed by atoms with Crippen LogP contribution in [0.5, 0.6) is 11.5 Å². The van der Waals surface area contributed by atoms with Gasteiger partial charge < -0.3 is 24.8 Å². The first-order chi connectivity index (χ1) is 15.2. The van der Waals surface area contributed by atoms with Crippen LogP contribution in [0.25, 0.3) is 0 Å². The number of morpholine rings is 1. The quantitative estimate of drug-likeness (QED) is 0.204. The molecule has 0 unspecified atom stereocenters. The number of guanidine groups is 1. The SMILES string of the molecule is CN=C(NCCOc1ccc(C)cc1)NCc1cccc(OCCN2CCOCC2)c1.I. The third kappa shape index (κ3) is 9.62. The molecule has 3 rings (SSSR count). The Kier molecular flexibility index (Phi) is 12.2. The van der Waals surface area contributed by atoms with Crippen molar-refractivity contribution in [1.82, 2.24) is 15.5 Å². The monoisotopic (exact) mass is 554 g/mol. The zero-order valence-corrected chi connectivity index (χ0v) is 21.3. The molecule has 0 spiro atoms. The van der Waals surface area contributed by atoms with Gasteiger partial charge >= 0.3 is 0 Å². The normalized spacial score (nSPS) is 14.4. The lowest BCUT2D eigenvalue weighted by molar-refractivity contribution is 0.0322. The molecule has 1 heterocycles. The molecule has 2 N–H and O–H groups in total. The summed E-state index contributed by atoms with van der Waals surface area (Å²) in [5.74, 6) is 2.51. The molecule has 176 valence electrons. The summed E-state index contributed by atoms with van der Waals surface area (Å²) < 4.78 is 17.1. The van der Waals surface area contributed by atoms with E-state index in [2.05, 4.69) is 39.6 Å². The fourth-order valence-electron chi connectivity index (χ4n) is 3.24. The molecule has 1 aliphatic rings. The van der Waals surface area contributed by atoms with E-state index in [9.17, 15) is 0 Å². The lowest BCUT2D eigenvalue weighted by Gasteiger charge is -2.26. The summed E-state index contributed by atoms with van der Waals surface area (Å²) in [6, 6.07) is 16.2. The van der Waals surface area contributed by atoms with E-state index < -0.39 is 0 Å². The number of hydrogen-bond acceptors (Lipinski definition) is 5. The highest BCUT2D eigenvalue weighted by molar-refractivity contribution is 14.0. The van der Waals surface area contributed by atoms with E-state index in [1.807, 2.05) is 36.4 Å². The highest BCUT2D eigenvalue weighted by atomic mass is 127. The van der Waals surface area contributed by atoms with Crippen molar-refractivity contribution >= 4 is 29.9 Å². The van der Waals surface area contributed by atoms with Crippen molar-refractivity contribution in [2.24, 2.45) is 4.99 Å². The molecule has 2 aromatic rings. The van der Waals surface area contributed by atoms with Crippen LogP contribution in [-0.4, -0.2) is 70.5 Å². The van der Waals surface area contributed by atoms with Crippen LogP contribution in [0, 0.1) is 6.92 Å². The smallest absolute Gasteiger partial charge is 0.191 e. The van der Waals surface area contributed by atoms with Crippen molar-refractivity contribution in [3.8, 4) is 11.5 Å². The van der Waals surface area contributed by atoms with Gasteiger partial charge in [0.2, 0.25) is 0 Å². The summed E-state index contributed by atoms with van der Waals surface area (Å²) in [5, 5.41) is 6.61. The Bertz CT molecular complexity index is 811. The third-order valence-corrected chi connectivity index (χ3v) is 5.05. The maximum atomic E-state index is 5.94. The van der Waals surface area contributed by atoms with Gasteiger partial charge in [0.1, 0.15) is 24.7 Å². The van der Waals surface area contributed by atoms with Crippen molar-refractivity contribution in [2.45, 2.75) is 13.5 Å². The van der Waals surface area contributed by atoms with Gasteiger partial charge in [0, 0.05) is 33.2 Å². The molecule has 0 atom stereocenters. The predicted octanol–water partition coefficient (Wildman–Crippen LogP) is 3.07. The summed E-state index contributed by atoms with van der Waals surface area (Å²) in [6.07, 6.45) is 0. The summed E-state index contributed by atoms with van der Waals surface area (Å²) >= 11 is 0. The molecule has 0 aliphatic carbocycles. The Hall–Kier alpha value is -2.04. The van der Waals surface area contributed by atoms with Gasteiger partial charge in [-0.1, -0.05) is 29.8 Å². The Morgan fingerprint density at radius 1 is 1.00 bits per heavy atom. The number of nitrogens with one attached hydrogen (secondary N) is 2. The van der Waals surface area contributed by atoms with Gasteiger partial charge in [-0.25, -0.2) is 0 Å². The molecule has 1 saturated heterocycles. The molecular formula is C24H35IN4O3. The third-order valence-electron chi connectivity index (χ3n) is 5.05. The molecule has 2 aromatic carbocycles. The fraction of sp³-hybridized carbons (Fsp3) is 0.458. The zero-order chi connectivity index (χ0) is 21.7. The summed E-state index contributed by atoms with van der Waals surface area (Å²) in [4.78, 5) is 6.64. The van der Waals surface area contributed by atoms with E-state index in [1.165, 1.54) is 5.56 Å². The molecule has 1 aliphatic heterocycles. The first kappa shape index (κ1) is 26.2. The molecule has 0 aromatic heterocycles. The van der Waals surface area contributed by atoms with Gasteiger partial charge in [-0.2, -0.15) is 0 Å². The topological polar surface area (TPSA) is 67.4 Å². The van der Waals surface area contributed by atoms with Gasteiger partial charge in [-0.05, 0) is 36.8 Å². The molecule has 32 heavy (non-hydrogen) atoms. The van der Waals surface area contributed by atoms with Crippen molar-refractivity contribution in [3.63, 3.8) is 0 Å². The number of rotatable bonds is 10. The van der Waals surface area contributed by atoms with E-state index >= 15 is 0 Å². The predicted molar refractivity (Wildman–Crippen MR) is 139 cm³/mol. The van der Waals surface area contributed by atoms with Crippen molar-refractivity contribution in [1.29, 1.82) is 0 Å². The van der Waals surface area contributed by atoms with Gasteiger partial charge in [-0.15, -0.1) is 24.0 Å². The molecule has 1 fully saturated rings. The largest absolute Gasteiger partial charge is 0.492 e. The van der Waals surface area contributed by atoms with Crippen LogP contribution in [-0.2, 0) is 11.3 Å². The summed E-state index contributed by atoms with van der Waals surface area (Å²) in [6.45, 7) is 9.16. The molecular weight excluding hydrogens is 519 g/mol. The second-order valence-corrected chi connectivity index (χ2v) is 7.46. The lowest BCUT2D eigenvalue weighted by atomic mass is 10.2. The van der Waals surface area contributed by atoms with Crippen LogP contribution in [0.1, 0.15) is 11.1 Å². The van der Waals surface area contributed by atoms with Crippen molar-refractivity contribution in [3.05, 3.63) is 59.7 Å². The fourth-order valence-corrected chi connectivity index (χ4v) is 3.24. The van der Waals surface area contributed by atoms with E-state index in [1.54, 1.807) is 7.05 Å². The standard InChI is InChI=1S/C24H34N4O3.HI/c1-20-6-8-22(9-7-20)30-14-10-26-24(25-2)27-19-21-4-3-5-23(18-21)31-17-13-28-11-15-29-16-12-28;/h3-9,18H,10-17,19H2,1-2H3,(H2,25,26,27);1H. The molecule has 8 heteroatoms. The number of aliphatic imine (C=N–C) groups is 1. The van der Waals surface area contributed by atoms with Crippen molar-refractivity contribution < 1.29 is 14.2 Å². The second-order valence-electron chi connectivity index (χ2n) is 7.46. The van der Waals surface area contributed by atoms with Gasteiger partial charge in [0.05, 0.1) is 19.8 Å². The minimum Gasteiger partial charge on any atom is -0.492 e. The number of ether oxygens (including phenoxy) is 3. The van der Waals surface area contributed by atoms with Crippen LogP contribution < -0.4 is 20.1 Å². The Morgan fingerprint density at radius 3 is 2.50 bits per heavy atom. The highest BCUT2D eigenvalue weighted by Crippen LogP contribution is 2.13. The van der Waals surface area contributed by atoms with E-state index in [-0.39, 0.29) is 24.0 Å². The lowest BCUT2D eigenvalue weighted by Crippen LogP contribution is -2.39. The van der Waals surface area contributed by atoms with Crippen LogP contribution in [0.4, 0.5) is 0 Å². The molecule has 0 saturated carbocycles. The minimum atomic E-state index is 0.